The van der Waals surface area contributed by atoms with Crippen molar-refractivity contribution in [2.45, 2.75) is 108 Å². The molecule has 0 heterocycles. The summed E-state index contributed by atoms with van der Waals surface area (Å²) in [7, 11) is 0. The van der Waals surface area contributed by atoms with Crippen LogP contribution >= 0.6 is 0 Å². The van der Waals surface area contributed by atoms with Crippen molar-refractivity contribution in [2.24, 2.45) is 0 Å². The summed E-state index contributed by atoms with van der Waals surface area (Å²) in [4.78, 5) is 0. The Balaban J connectivity index is 0.00000137. The van der Waals surface area contributed by atoms with Crippen molar-refractivity contribution in [3.63, 3.8) is 0 Å². The molecule has 1 saturated carbocycles. The van der Waals surface area contributed by atoms with Gasteiger partial charge < -0.3 is 0 Å². The van der Waals surface area contributed by atoms with Crippen molar-refractivity contribution < 1.29 is 0 Å². The molecular weight excluding hydrogens is 408 g/mol. The third-order valence-corrected chi connectivity index (χ3v) is 7.27. The van der Waals surface area contributed by atoms with Crippen molar-refractivity contribution in [1.29, 1.82) is 0 Å². The fourth-order valence-electron chi connectivity index (χ4n) is 5.32. The maximum atomic E-state index is 4.38. The van der Waals surface area contributed by atoms with Crippen molar-refractivity contribution in [2.75, 3.05) is 0 Å². The molecular formula is C34H50. The van der Waals surface area contributed by atoms with E-state index in [2.05, 4.69) is 94.2 Å². The van der Waals surface area contributed by atoms with Gasteiger partial charge >= 0.3 is 0 Å². The van der Waals surface area contributed by atoms with Crippen LogP contribution in [-0.4, -0.2) is 0 Å². The third-order valence-electron chi connectivity index (χ3n) is 7.27. The summed E-state index contributed by atoms with van der Waals surface area (Å²) in [6.07, 6.45) is 4.77. The van der Waals surface area contributed by atoms with E-state index in [1.807, 2.05) is 13.8 Å². The third kappa shape index (κ3) is 5.65. The second-order valence-electron chi connectivity index (χ2n) is 9.56. The van der Waals surface area contributed by atoms with Crippen LogP contribution < -0.4 is 0 Å². The molecule has 186 valence electrons. The highest BCUT2D eigenvalue weighted by Crippen LogP contribution is 2.51. The van der Waals surface area contributed by atoms with E-state index in [1.165, 1.54) is 74.1 Å². The smallest absolute Gasteiger partial charge is 0.0100 e. The van der Waals surface area contributed by atoms with Gasteiger partial charge in [0, 0.05) is 0 Å². The number of hydrogen-bond acceptors (Lipinski definition) is 0. The highest BCUT2D eigenvalue weighted by molar-refractivity contribution is 5.90. The molecule has 3 rings (SSSR count). The Hall–Kier alpha value is -2.34. The van der Waals surface area contributed by atoms with Crippen molar-refractivity contribution in [3.8, 4) is 11.1 Å². The van der Waals surface area contributed by atoms with Gasteiger partial charge in [-0.05, 0) is 141 Å². The van der Waals surface area contributed by atoms with Crippen LogP contribution in [-0.2, 0) is 12.8 Å². The van der Waals surface area contributed by atoms with E-state index in [0.717, 1.165) is 12.8 Å². The Morgan fingerprint density at radius 2 is 1.35 bits per heavy atom. The lowest BCUT2D eigenvalue weighted by atomic mass is 9.76. The topological polar surface area (TPSA) is 0 Å². The number of benzene rings is 2. The normalized spacial score (nSPS) is 12.2. The second kappa shape index (κ2) is 12.9. The predicted octanol–water partition coefficient (Wildman–Crippen LogP) is 11.0. The van der Waals surface area contributed by atoms with Gasteiger partial charge in [0.15, 0.2) is 0 Å². The van der Waals surface area contributed by atoms with Gasteiger partial charge in [-0.2, -0.15) is 0 Å². The van der Waals surface area contributed by atoms with Crippen LogP contribution in [0.15, 0.2) is 37.4 Å². The minimum Gasteiger partial charge on any atom is -0.106 e. The molecule has 0 amide bonds. The Morgan fingerprint density at radius 1 is 0.824 bits per heavy atom. The zero-order valence-corrected chi connectivity index (χ0v) is 24.2. The van der Waals surface area contributed by atoms with E-state index in [0.29, 0.717) is 5.92 Å². The van der Waals surface area contributed by atoms with E-state index in [1.54, 1.807) is 11.1 Å². The molecule has 0 bridgehead atoms. The zero-order valence-electron chi connectivity index (χ0n) is 24.2. The highest BCUT2D eigenvalue weighted by atomic mass is 14.4. The largest absolute Gasteiger partial charge is 0.106 e. The summed E-state index contributed by atoms with van der Waals surface area (Å²) in [5.41, 5.74) is 18.9. The SMILES string of the molecule is C=C.C=C(C)c1c(C)c(C2CC2)c(-c2ccc(C)c(C)c2C(C)=C(C)C)c(CC)c1CC.CC. The first-order valence-electron chi connectivity index (χ1n) is 13.2. The number of rotatable bonds is 6. The average Bonchev–Trinajstić information content (AvgIpc) is 3.66. The Morgan fingerprint density at radius 3 is 1.76 bits per heavy atom. The molecule has 0 atom stereocenters. The number of allylic oxidation sites excluding steroid dienone is 3. The molecule has 0 radical (unpaired) electrons. The van der Waals surface area contributed by atoms with Crippen LogP contribution in [0.5, 0.6) is 0 Å². The van der Waals surface area contributed by atoms with Gasteiger partial charge in [0.2, 0.25) is 0 Å². The molecule has 0 saturated heterocycles. The maximum absolute atomic E-state index is 4.38. The lowest BCUT2D eigenvalue weighted by molar-refractivity contribution is 0.992. The molecule has 1 aliphatic rings. The van der Waals surface area contributed by atoms with Crippen molar-refractivity contribution in [3.05, 3.63) is 82.0 Å². The molecule has 0 aliphatic heterocycles. The number of hydrogen-bond donors (Lipinski definition) is 0. The Labute approximate surface area is 211 Å². The van der Waals surface area contributed by atoms with Gasteiger partial charge in [0.05, 0.1) is 0 Å². The molecule has 0 unspecified atom stereocenters. The Bertz CT molecular complexity index is 1050. The fraction of sp³-hybridized carbons (Fsp3) is 0.471. The minimum absolute atomic E-state index is 0.704. The average molecular weight is 459 g/mol. The minimum atomic E-state index is 0.704. The lowest BCUT2D eigenvalue weighted by Crippen LogP contribution is -2.09. The fourth-order valence-corrected chi connectivity index (χ4v) is 5.32. The van der Waals surface area contributed by atoms with Gasteiger partial charge in [0.25, 0.3) is 0 Å². The molecule has 0 spiro atoms. The van der Waals surface area contributed by atoms with Crippen LogP contribution in [0.25, 0.3) is 22.3 Å². The van der Waals surface area contributed by atoms with Crippen LogP contribution in [0.4, 0.5) is 0 Å². The molecule has 0 nitrogen and oxygen atoms in total. The second-order valence-corrected chi connectivity index (χ2v) is 9.56. The van der Waals surface area contributed by atoms with E-state index < -0.39 is 0 Å². The predicted molar refractivity (Wildman–Crippen MR) is 158 cm³/mol. The van der Waals surface area contributed by atoms with Gasteiger partial charge in [-0.15, -0.1) is 13.2 Å². The molecule has 2 aromatic carbocycles. The molecule has 1 aliphatic carbocycles. The molecule has 0 N–H and O–H groups in total. The highest BCUT2D eigenvalue weighted by Gasteiger charge is 2.33. The molecule has 2 aromatic rings. The van der Waals surface area contributed by atoms with Gasteiger partial charge in [-0.1, -0.05) is 57.6 Å². The molecule has 0 heteroatoms. The van der Waals surface area contributed by atoms with Crippen LogP contribution in [0.3, 0.4) is 0 Å². The lowest BCUT2D eigenvalue weighted by Gasteiger charge is -2.28. The van der Waals surface area contributed by atoms with E-state index in [-0.39, 0.29) is 0 Å². The first-order valence-corrected chi connectivity index (χ1v) is 13.2. The number of aryl methyl sites for hydroxylation is 1. The monoisotopic (exact) mass is 458 g/mol. The summed E-state index contributed by atoms with van der Waals surface area (Å²) in [5.74, 6) is 0.704. The first kappa shape index (κ1) is 29.7. The van der Waals surface area contributed by atoms with Crippen molar-refractivity contribution in [1.82, 2.24) is 0 Å². The van der Waals surface area contributed by atoms with Gasteiger partial charge in [-0.25, -0.2) is 0 Å². The van der Waals surface area contributed by atoms with E-state index in [9.17, 15) is 0 Å². The molecule has 34 heavy (non-hydrogen) atoms. The zero-order chi connectivity index (χ0) is 26.3. The molecule has 0 aromatic heterocycles. The summed E-state index contributed by atoms with van der Waals surface area (Å²) in [5, 5.41) is 0. The quantitative estimate of drug-likeness (QED) is 0.377. The summed E-state index contributed by atoms with van der Waals surface area (Å²) >= 11 is 0. The summed E-state index contributed by atoms with van der Waals surface area (Å²) in [6.45, 7) is 34.9. The standard InChI is InChI=1S/C30H40.C2H6.C2H4/c1-11-24-25(12-2)30(29(23-14-15-23)22(10)27(24)18(5)6)26-16-13-19(7)21(9)28(26)20(8)17(3)4;2*1-2/h13,16,23H,5,11-12,14-15H2,1-4,6-10H3;1-2H3;1-2H2. The van der Waals surface area contributed by atoms with Gasteiger partial charge in [-0.3, -0.25) is 0 Å². The summed E-state index contributed by atoms with van der Waals surface area (Å²) in [6, 6.07) is 4.74. The van der Waals surface area contributed by atoms with Crippen LogP contribution in [0.2, 0.25) is 0 Å². The maximum Gasteiger partial charge on any atom is -0.0100 e. The van der Waals surface area contributed by atoms with Gasteiger partial charge in [0.1, 0.15) is 0 Å². The van der Waals surface area contributed by atoms with E-state index >= 15 is 0 Å². The van der Waals surface area contributed by atoms with Crippen LogP contribution in [0.1, 0.15) is 119 Å². The molecule has 1 fully saturated rings. The first-order chi connectivity index (χ1) is 16.1. The van der Waals surface area contributed by atoms with E-state index in [4.69, 9.17) is 0 Å². The summed E-state index contributed by atoms with van der Waals surface area (Å²) < 4.78 is 0. The van der Waals surface area contributed by atoms with Crippen LogP contribution in [0, 0.1) is 20.8 Å². The Kier molecular flexibility index (Phi) is 11.3. The van der Waals surface area contributed by atoms with Crippen molar-refractivity contribution >= 4 is 11.1 Å².